The van der Waals surface area contributed by atoms with Crippen LogP contribution >= 0.6 is 7.92 Å². The van der Waals surface area contributed by atoms with Crippen molar-refractivity contribution in [3.05, 3.63) is 60.2 Å². The van der Waals surface area contributed by atoms with Crippen LogP contribution in [0.25, 0.3) is 0 Å². The van der Waals surface area contributed by atoms with Gasteiger partial charge in [-0.2, -0.15) is 0 Å². The van der Waals surface area contributed by atoms with Gasteiger partial charge in [0.25, 0.3) is 0 Å². The van der Waals surface area contributed by atoms with E-state index in [0.29, 0.717) is 5.92 Å². The van der Waals surface area contributed by atoms with Crippen molar-refractivity contribution in [3.63, 3.8) is 0 Å². The summed E-state index contributed by atoms with van der Waals surface area (Å²) < 4.78 is 26.5. The van der Waals surface area contributed by atoms with Crippen LogP contribution in [0.4, 0.5) is 8.78 Å². The van der Waals surface area contributed by atoms with E-state index in [-0.39, 0.29) is 11.6 Å². The molecule has 0 N–H and O–H groups in total. The predicted molar refractivity (Wildman–Crippen MR) is 97.2 cm³/mol. The minimum Gasteiger partial charge on any atom is -0.207 e. The van der Waals surface area contributed by atoms with Crippen molar-refractivity contribution in [2.75, 3.05) is 6.16 Å². The second-order valence-electron chi connectivity index (χ2n) is 5.98. The van der Waals surface area contributed by atoms with Crippen molar-refractivity contribution < 1.29 is 8.78 Å². The zero-order valence-electron chi connectivity index (χ0n) is 13.9. The summed E-state index contributed by atoms with van der Waals surface area (Å²) >= 11 is 0. The maximum atomic E-state index is 13.3. The van der Waals surface area contributed by atoms with Crippen LogP contribution in [0.3, 0.4) is 0 Å². The van der Waals surface area contributed by atoms with Gasteiger partial charge in [0.2, 0.25) is 0 Å². The molecule has 0 fully saturated rings. The van der Waals surface area contributed by atoms with Crippen LogP contribution < -0.4 is 10.6 Å². The van der Waals surface area contributed by atoms with E-state index in [9.17, 15) is 8.78 Å². The molecule has 0 aliphatic rings. The first-order chi connectivity index (χ1) is 11.1. The van der Waals surface area contributed by atoms with Crippen molar-refractivity contribution in [2.45, 2.75) is 39.5 Å². The van der Waals surface area contributed by atoms with Gasteiger partial charge < -0.3 is 0 Å². The summed E-state index contributed by atoms with van der Waals surface area (Å²) in [6.45, 7) is 4.46. The lowest BCUT2D eigenvalue weighted by Gasteiger charge is -2.24. The van der Waals surface area contributed by atoms with Crippen LogP contribution in [-0.2, 0) is 0 Å². The average Bonchev–Trinajstić information content (AvgIpc) is 2.57. The smallest absolute Gasteiger partial charge is 0.123 e. The third kappa shape index (κ3) is 5.39. The maximum Gasteiger partial charge on any atom is 0.123 e. The molecule has 0 nitrogen and oxygen atoms in total. The third-order valence-corrected chi connectivity index (χ3v) is 6.99. The number of rotatable bonds is 8. The largest absolute Gasteiger partial charge is 0.207 e. The molecule has 2 rings (SSSR count). The summed E-state index contributed by atoms with van der Waals surface area (Å²) in [6.07, 6.45) is 5.93. The summed E-state index contributed by atoms with van der Waals surface area (Å²) in [4.78, 5) is 0. The van der Waals surface area contributed by atoms with Gasteiger partial charge in [-0.25, -0.2) is 8.78 Å². The lowest BCUT2D eigenvalue weighted by molar-refractivity contribution is 0.498. The highest BCUT2D eigenvalue weighted by atomic mass is 31.1. The number of halogens is 2. The average molecular weight is 334 g/mol. The molecule has 2 aromatic rings. The van der Waals surface area contributed by atoms with Gasteiger partial charge in [0.15, 0.2) is 0 Å². The van der Waals surface area contributed by atoms with Crippen molar-refractivity contribution in [1.82, 2.24) is 0 Å². The van der Waals surface area contributed by atoms with Gasteiger partial charge in [-0.3, -0.25) is 0 Å². The Kier molecular flexibility index (Phi) is 7.17. The molecule has 3 heteroatoms. The molecule has 2 aromatic carbocycles. The molecule has 1 atom stereocenters. The maximum absolute atomic E-state index is 13.3. The fourth-order valence-corrected chi connectivity index (χ4v) is 5.47. The van der Waals surface area contributed by atoms with E-state index < -0.39 is 7.92 Å². The molecule has 0 aliphatic heterocycles. The molecular formula is C20H25F2P. The lowest BCUT2D eigenvalue weighted by Crippen LogP contribution is -2.18. The Morgan fingerprint density at radius 2 is 1.30 bits per heavy atom. The highest BCUT2D eigenvalue weighted by Gasteiger charge is 2.19. The minimum absolute atomic E-state index is 0.208. The molecule has 0 saturated heterocycles. The van der Waals surface area contributed by atoms with Gasteiger partial charge in [0.05, 0.1) is 0 Å². The summed E-state index contributed by atoms with van der Waals surface area (Å²) in [7, 11) is -0.571. The lowest BCUT2D eigenvalue weighted by atomic mass is 10.0. The number of hydrogen-bond donors (Lipinski definition) is 0. The standard InChI is InChI=1S/C20H25F2P/c1-3-5-6-16(4-2)15-23(19-11-7-17(21)8-12-19)20-13-9-18(22)10-14-20/h7-14,16H,3-6,15H2,1-2H3. The zero-order chi connectivity index (χ0) is 16.7. The van der Waals surface area contributed by atoms with Crippen LogP contribution in [0.2, 0.25) is 0 Å². The molecular weight excluding hydrogens is 309 g/mol. The highest BCUT2D eigenvalue weighted by molar-refractivity contribution is 7.73. The SMILES string of the molecule is CCCCC(CC)CP(c1ccc(F)cc1)c1ccc(F)cc1. The van der Waals surface area contributed by atoms with E-state index in [1.807, 2.05) is 24.3 Å². The number of unbranched alkanes of at least 4 members (excludes halogenated alkanes) is 1. The molecule has 1 unspecified atom stereocenters. The van der Waals surface area contributed by atoms with Crippen molar-refractivity contribution in [2.24, 2.45) is 5.92 Å². The van der Waals surface area contributed by atoms with Crippen LogP contribution in [0.5, 0.6) is 0 Å². The Morgan fingerprint density at radius 3 is 1.70 bits per heavy atom. The van der Waals surface area contributed by atoms with E-state index in [2.05, 4.69) is 13.8 Å². The second-order valence-corrected chi connectivity index (χ2v) is 8.23. The van der Waals surface area contributed by atoms with Crippen molar-refractivity contribution in [1.29, 1.82) is 0 Å². The Morgan fingerprint density at radius 1 is 0.826 bits per heavy atom. The summed E-state index contributed by atoms with van der Waals surface area (Å²) in [6, 6.07) is 13.7. The van der Waals surface area contributed by atoms with Gasteiger partial charge in [0.1, 0.15) is 11.6 Å². The van der Waals surface area contributed by atoms with E-state index in [0.717, 1.165) is 12.6 Å². The van der Waals surface area contributed by atoms with Gasteiger partial charge in [0, 0.05) is 0 Å². The van der Waals surface area contributed by atoms with Crippen LogP contribution in [-0.4, -0.2) is 6.16 Å². The molecule has 0 radical (unpaired) electrons. The molecule has 0 amide bonds. The highest BCUT2D eigenvalue weighted by Crippen LogP contribution is 2.38. The Labute approximate surface area is 139 Å². The molecule has 23 heavy (non-hydrogen) atoms. The number of hydrogen-bond acceptors (Lipinski definition) is 0. The third-order valence-electron chi connectivity index (χ3n) is 4.26. The second kappa shape index (κ2) is 9.13. The van der Waals surface area contributed by atoms with Crippen LogP contribution in [0, 0.1) is 17.6 Å². The van der Waals surface area contributed by atoms with E-state index in [1.54, 1.807) is 0 Å². The van der Waals surface area contributed by atoms with E-state index in [4.69, 9.17) is 0 Å². The van der Waals surface area contributed by atoms with Gasteiger partial charge in [-0.15, -0.1) is 0 Å². The minimum atomic E-state index is -0.571. The molecule has 124 valence electrons. The fraction of sp³-hybridized carbons (Fsp3) is 0.400. The molecule has 0 spiro atoms. The van der Waals surface area contributed by atoms with Gasteiger partial charge >= 0.3 is 0 Å². The first-order valence-electron chi connectivity index (χ1n) is 8.42. The predicted octanol–water partition coefficient (Wildman–Crippen LogP) is 5.61. The van der Waals surface area contributed by atoms with E-state index in [1.165, 1.54) is 54.1 Å². The Bertz CT molecular complexity index is 532. The first kappa shape index (κ1) is 18.1. The first-order valence-corrected chi connectivity index (χ1v) is 9.95. The number of benzene rings is 2. The van der Waals surface area contributed by atoms with Crippen molar-refractivity contribution in [3.8, 4) is 0 Å². The van der Waals surface area contributed by atoms with E-state index >= 15 is 0 Å². The fourth-order valence-electron chi connectivity index (χ4n) is 2.78. The molecule has 0 heterocycles. The van der Waals surface area contributed by atoms with Gasteiger partial charge in [-0.1, -0.05) is 63.8 Å². The summed E-state index contributed by atoms with van der Waals surface area (Å²) in [5.41, 5.74) is 0. The topological polar surface area (TPSA) is 0 Å². The van der Waals surface area contributed by atoms with Crippen LogP contribution in [0.15, 0.2) is 48.5 Å². The molecule has 0 bridgehead atoms. The summed E-state index contributed by atoms with van der Waals surface area (Å²) in [5, 5.41) is 2.34. The molecule has 0 aliphatic carbocycles. The molecule has 0 saturated carbocycles. The molecule has 0 aromatic heterocycles. The zero-order valence-corrected chi connectivity index (χ0v) is 14.8. The quantitative estimate of drug-likeness (QED) is 0.550. The normalized spacial score (nSPS) is 12.6. The monoisotopic (exact) mass is 334 g/mol. The van der Waals surface area contributed by atoms with Crippen LogP contribution in [0.1, 0.15) is 39.5 Å². The Balaban J connectivity index is 2.26. The van der Waals surface area contributed by atoms with Crippen molar-refractivity contribution >= 4 is 18.5 Å². The Hall–Kier alpha value is -1.27. The van der Waals surface area contributed by atoms with Gasteiger partial charge in [-0.05, 0) is 54.9 Å². The summed E-state index contributed by atoms with van der Waals surface area (Å²) in [5.74, 6) is 0.248.